The lowest BCUT2D eigenvalue weighted by molar-refractivity contribution is -0.118. The Kier molecular flexibility index (Phi) is 9.76. The molecule has 10 heteroatoms. The summed E-state index contributed by atoms with van der Waals surface area (Å²) in [4.78, 5) is 28.2. The average Bonchev–Trinajstić information content (AvgIpc) is 3.17. The van der Waals surface area contributed by atoms with Crippen LogP contribution in [0.1, 0.15) is 25.1 Å². The number of carboxylic acid groups (broad SMARTS) is 1. The minimum atomic E-state index is -1.24. The van der Waals surface area contributed by atoms with Crippen molar-refractivity contribution in [3.8, 4) is 11.3 Å². The molecular weight excluding hydrogens is 450 g/mol. The molecule has 0 aliphatic carbocycles. The zero-order valence-corrected chi connectivity index (χ0v) is 21.4. The molecule has 0 bridgehead atoms. The quantitative estimate of drug-likeness (QED) is 0.211. The molecule has 2 rings (SSSR count). The second-order valence-electron chi connectivity index (χ2n) is 9.26. The van der Waals surface area contributed by atoms with Gasteiger partial charge in [0.2, 0.25) is 5.91 Å². The fourth-order valence-electron chi connectivity index (χ4n) is 3.12. The van der Waals surface area contributed by atoms with Crippen LogP contribution in [0, 0.1) is 5.92 Å². The van der Waals surface area contributed by atoms with Crippen molar-refractivity contribution in [3.05, 3.63) is 55.5 Å². The van der Waals surface area contributed by atoms with Crippen molar-refractivity contribution in [2.75, 3.05) is 11.9 Å². The van der Waals surface area contributed by atoms with Gasteiger partial charge in [-0.1, -0.05) is 38.7 Å². The summed E-state index contributed by atoms with van der Waals surface area (Å²) in [6.45, 7) is 16.8. The van der Waals surface area contributed by atoms with E-state index in [1.54, 1.807) is 48.3 Å². The topological polar surface area (TPSA) is 118 Å². The maximum absolute atomic E-state index is 12.5. The van der Waals surface area contributed by atoms with Gasteiger partial charge in [-0.3, -0.25) is 9.78 Å². The number of ether oxygens (including phenoxy) is 1. The lowest BCUT2D eigenvalue weighted by Gasteiger charge is -2.18. The average molecular weight is 486 g/mol. The minimum absolute atomic E-state index is 0.207. The third-order valence-electron chi connectivity index (χ3n) is 5.19. The predicted octanol–water partition coefficient (Wildman–Crippen LogP) is 4.90. The molecule has 0 saturated heterocycles. The van der Waals surface area contributed by atoms with Crippen LogP contribution in [0.4, 0.5) is 10.5 Å². The van der Waals surface area contributed by atoms with Gasteiger partial charge in [0.1, 0.15) is 6.73 Å². The van der Waals surface area contributed by atoms with E-state index in [-0.39, 0.29) is 18.6 Å². The number of nitrogens with one attached hydrogen (secondary N) is 2. The number of pyridine rings is 1. The van der Waals surface area contributed by atoms with Crippen molar-refractivity contribution < 1.29 is 19.4 Å². The van der Waals surface area contributed by atoms with E-state index in [4.69, 9.17) is 4.74 Å². The van der Waals surface area contributed by atoms with E-state index in [2.05, 4.69) is 53.5 Å². The first-order valence-corrected chi connectivity index (χ1v) is 14.9. The summed E-state index contributed by atoms with van der Waals surface area (Å²) in [5.41, 5.74) is 2.42. The van der Waals surface area contributed by atoms with Crippen LogP contribution in [-0.4, -0.2) is 46.6 Å². The molecule has 1 unspecified atom stereocenters. The van der Waals surface area contributed by atoms with E-state index in [0.717, 1.165) is 11.6 Å². The molecule has 0 fully saturated rings. The van der Waals surface area contributed by atoms with Gasteiger partial charge in [0, 0.05) is 26.4 Å². The standard InChI is InChI=1S/C24H35N5O4Si/c1-7-9-19(28-24(31)32)20-14-18(10-11-25-20)22-21(27-23(30)17(3)8-2)15-26-29(22)16-33-12-13-34(4,5)6/h7-8,10-11,14-15,17,19,28H,1-2,9,12-13,16H2,3-6H3,(H,27,30)(H,31,32)/t17?,19-/m0/s1. The number of carbonyl (C=O) groups excluding carboxylic acids is 1. The Hall–Kier alpha value is -3.24. The molecule has 0 aliphatic rings. The van der Waals surface area contributed by atoms with Crippen molar-refractivity contribution in [1.29, 1.82) is 0 Å². The molecule has 0 saturated carbocycles. The number of aromatic nitrogens is 3. The van der Waals surface area contributed by atoms with Crippen LogP contribution in [0.25, 0.3) is 11.3 Å². The van der Waals surface area contributed by atoms with Crippen LogP contribution < -0.4 is 10.6 Å². The number of hydrogen-bond donors (Lipinski definition) is 3. The van der Waals surface area contributed by atoms with Crippen LogP contribution >= 0.6 is 0 Å². The molecule has 2 aromatic heterocycles. The summed E-state index contributed by atoms with van der Waals surface area (Å²) < 4.78 is 7.59. The Morgan fingerprint density at radius 3 is 2.68 bits per heavy atom. The molecule has 2 amide bonds. The summed E-state index contributed by atoms with van der Waals surface area (Å²) in [7, 11) is -1.24. The Morgan fingerprint density at radius 2 is 2.06 bits per heavy atom. The van der Waals surface area contributed by atoms with Gasteiger partial charge in [-0.05, 0) is 24.6 Å². The monoisotopic (exact) mass is 485 g/mol. The van der Waals surface area contributed by atoms with Gasteiger partial charge in [-0.25, -0.2) is 9.48 Å². The second kappa shape index (κ2) is 12.3. The molecule has 34 heavy (non-hydrogen) atoms. The van der Waals surface area contributed by atoms with Gasteiger partial charge >= 0.3 is 6.09 Å². The number of carbonyl (C=O) groups is 2. The molecule has 9 nitrogen and oxygen atoms in total. The highest BCUT2D eigenvalue weighted by atomic mass is 28.3. The highest BCUT2D eigenvalue weighted by molar-refractivity contribution is 6.76. The van der Waals surface area contributed by atoms with Crippen molar-refractivity contribution in [2.45, 2.75) is 51.8 Å². The zero-order chi connectivity index (χ0) is 25.3. The molecular formula is C24H35N5O4Si. The van der Waals surface area contributed by atoms with Crippen molar-refractivity contribution in [1.82, 2.24) is 20.1 Å². The maximum atomic E-state index is 12.5. The van der Waals surface area contributed by atoms with Crippen LogP contribution in [0.15, 0.2) is 49.8 Å². The summed E-state index contributed by atoms with van der Waals surface area (Å²) in [5, 5.41) is 19.0. The molecule has 2 atom stereocenters. The highest BCUT2D eigenvalue weighted by Gasteiger charge is 2.21. The third-order valence-corrected chi connectivity index (χ3v) is 6.89. The number of rotatable bonds is 13. The van der Waals surface area contributed by atoms with Gasteiger partial charge in [0.05, 0.1) is 35.2 Å². The van der Waals surface area contributed by atoms with Gasteiger partial charge in [0.15, 0.2) is 0 Å². The molecule has 184 valence electrons. The Balaban J connectivity index is 2.42. The summed E-state index contributed by atoms with van der Waals surface area (Å²) in [6.07, 6.45) is 5.62. The Labute approximate surface area is 201 Å². The first-order valence-electron chi connectivity index (χ1n) is 11.2. The molecule has 0 aliphatic heterocycles. The summed E-state index contributed by atoms with van der Waals surface area (Å²) in [6, 6.07) is 4.04. The zero-order valence-electron chi connectivity index (χ0n) is 20.4. The van der Waals surface area contributed by atoms with Gasteiger partial charge in [-0.2, -0.15) is 5.10 Å². The minimum Gasteiger partial charge on any atom is -0.465 e. The van der Waals surface area contributed by atoms with E-state index < -0.39 is 20.2 Å². The fraction of sp³-hybridized carbons (Fsp3) is 0.417. The first kappa shape index (κ1) is 27.0. The number of anilines is 1. The molecule has 0 radical (unpaired) electrons. The molecule has 3 N–H and O–H groups in total. The lowest BCUT2D eigenvalue weighted by Crippen LogP contribution is -2.27. The van der Waals surface area contributed by atoms with Crippen molar-refractivity contribution >= 4 is 25.8 Å². The van der Waals surface area contributed by atoms with Crippen LogP contribution in [0.5, 0.6) is 0 Å². The largest absolute Gasteiger partial charge is 0.465 e. The van der Waals surface area contributed by atoms with Crippen LogP contribution in [0.2, 0.25) is 25.7 Å². The van der Waals surface area contributed by atoms with E-state index in [1.165, 1.54) is 0 Å². The SMILES string of the molecule is C=CC[C@H](NC(=O)O)c1cc(-c2c(NC(=O)C(C)C=C)cnn2COCC[Si](C)(C)C)ccn1. The van der Waals surface area contributed by atoms with Crippen LogP contribution in [-0.2, 0) is 16.3 Å². The summed E-state index contributed by atoms with van der Waals surface area (Å²) in [5.74, 6) is -0.587. The number of amides is 2. The van der Waals surface area contributed by atoms with E-state index >= 15 is 0 Å². The van der Waals surface area contributed by atoms with Crippen molar-refractivity contribution in [3.63, 3.8) is 0 Å². The lowest BCUT2D eigenvalue weighted by atomic mass is 10.0. The van der Waals surface area contributed by atoms with Gasteiger partial charge in [0.25, 0.3) is 0 Å². The smallest absolute Gasteiger partial charge is 0.405 e. The van der Waals surface area contributed by atoms with E-state index in [9.17, 15) is 14.7 Å². The molecule has 2 aromatic rings. The molecule has 0 aromatic carbocycles. The van der Waals surface area contributed by atoms with Gasteiger partial charge in [-0.15, -0.1) is 13.2 Å². The van der Waals surface area contributed by atoms with Gasteiger partial charge < -0.3 is 20.5 Å². The third kappa shape index (κ3) is 7.96. The van der Waals surface area contributed by atoms with Crippen LogP contribution in [0.3, 0.4) is 0 Å². The van der Waals surface area contributed by atoms with Crippen molar-refractivity contribution in [2.24, 2.45) is 5.92 Å². The normalized spacial score (nSPS) is 13.1. The van der Waals surface area contributed by atoms with E-state index in [0.29, 0.717) is 30.1 Å². The Morgan fingerprint density at radius 1 is 1.32 bits per heavy atom. The first-order chi connectivity index (χ1) is 16.1. The number of nitrogens with zero attached hydrogens (tertiary/aromatic N) is 3. The molecule has 0 spiro atoms. The highest BCUT2D eigenvalue weighted by Crippen LogP contribution is 2.30. The summed E-state index contributed by atoms with van der Waals surface area (Å²) >= 11 is 0. The fourth-order valence-corrected chi connectivity index (χ4v) is 3.87. The maximum Gasteiger partial charge on any atom is 0.405 e. The van der Waals surface area contributed by atoms with E-state index in [1.807, 2.05) is 0 Å². The molecule has 2 heterocycles. The Bertz CT molecular complexity index is 1020. The number of hydrogen-bond acceptors (Lipinski definition) is 5. The second-order valence-corrected chi connectivity index (χ2v) is 14.9. The predicted molar refractivity (Wildman–Crippen MR) is 136 cm³/mol.